The van der Waals surface area contributed by atoms with Crippen LogP contribution in [0.2, 0.25) is 0 Å². The lowest BCUT2D eigenvalue weighted by Crippen LogP contribution is -2.21. The predicted octanol–water partition coefficient (Wildman–Crippen LogP) is 3.28. The molecule has 0 fully saturated rings. The number of nitrogens with one attached hydrogen (secondary N) is 1. The van der Waals surface area contributed by atoms with E-state index in [0.29, 0.717) is 5.13 Å². The van der Waals surface area contributed by atoms with Crippen LogP contribution in [0.5, 0.6) is 0 Å². The quantitative estimate of drug-likeness (QED) is 0.713. The van der Waals surface area contributed by atoms with Gasteiger partial charge in [0.15, 0.2) is 5.13 Å². The van der Waals surface area contributed by atoms with Crippen LogP contribution in [-0.4, -0.2) is 37.7 Å². The van der Waals surface area contributed by atoms with Crippen LogP contribution in [0.25, 0.3) is 10.6 Å². The number of thiophene rings is 1. The molecule has 0 unspecified atom stereocenters. The van der Waals surface area contributed by atoms with Gasteiger partial charge in [0.2, 0.25) is 5.09 Å². The Balaban J connectivity index is 1.75. The second-order valence-corrected chi connectivity index (χ2v) is 9.57. The Kier molecular flexibility index (Phi) is 4.78. The zero-order valence-electron chi connectivity index (χ0n) is 13.6. The number of rotatable bonds is 5. The second kappa shape index (κ2) is 6.71. The van der Waals surface area contributed by atoms with Crippen molar-refractivity contribution in [2.24, 2.45) is 0 Å². The Morgan fingerprint density at radius 3 is 2.72 bits per heavy atom. The van der Waals surface area contributed by atoms with Crippen molar-refractivity contribution < 1.29 is 17.6 Å². The molecule has 0 aliphatic heterocycles. The number of furan rings is 1. The van der Waals surface area contributed by atoms with Crippen LogP contribution in [0.3, 0.4) is 0 Å². The van der Waals surface area contributed by atoms with Gasteiger partial charge in [-0.3, -0.25) is 10.1 Å². The van der Waals surface area contributed by atoms with Crippen LogP contribution in [-0.2, 0) is 10.0 Å². The number of anilines is 1. The Morgan fingerprint density at radius 1 is 1.32 bits per heavy atom. The van der Waals surface area contributed by atoms with Crippen LogP contribution >= 0.6 is 22.7 Å². The van der Waals surface area contributed by atoms with Gasteiger partial charge in [-0.1, -0.05) is 0 Å². The lowest BCUT2D eigenvalue weighted by Gasteiger charge is -2.07. The first kappa shape index (κ1) is 17.8. The lowest BCUT2D eigenvalue weighted by molar-refractivity contribution is 0.102. The molecule has 0 aromatic carbocycles. The van der Waals surface area contributed by atoms with Gasteiger partial charge in [0, 0.05) is 30.4 Å². The Bertz CT molecular complexity index is 1010. The standard InChI is InChI=1S/C15H15N3O4S3/c1-9-4-5-12(24-9)11-8-23-15(16-11)17-14(19)10-6-13(22-7-10)25(20,21)18(2)3/h4-8H,1-3H3,(H,16,17,19). The minimum Gasteiger partial charge on any atom is -0.451 e. The predicted molar refractivity (Wildman–Crippen MR) is 97.7 cm³/mol. The average Bonchev–Trinajstić information content (AvgIpc) is 3.26. The van der Waals surface area contributed by atoms with Crippen LogP contribution < -0.4 is 5.32 Å². The minimum absolute atomic E-state index is 0.115. The van der Waals surface area contributed by atoms with Gasteiger partial charge in [-0.05, 0) is 19.1 Å². The van der Waals surface area contributed by atoms with Crippen molar-refractivity contribution in [1.82, 2.24) is 9.29 Å². The number of aryl methyl sites for hydroxylation is 1. The van der Waals surface area contributed by atoms with E-state index in [1.807, 2.05) is 24.4 Å². The number of amides is 1. The summed E-state index contributed by atoms with van der Waals surface area (Å²) >= 11 is 2.92. The topological polar surface area (TPSA) is 92.5 Å². The summed E-state index contributed by atoms with van der Waals surface area (Å²) in [6, 6.07) is 5.19. The summed E-state index contributed by atoms with van der Waals surface area (Å²) in [4.78, 5) is 18.9. The molecule has 0 saturated carbocycles. The molecule has 132 valence electrons. The molecule has 10 heteroatoms. The van der Waals surface area contributed by atoms with E-state index in [9.17, 15) is 13.2 Å². The Labute approximate surface area is 153 Å². The normalized spacial score (nSPS) is 11.8. The maximum atomic E-state index is 12.3. The Morgan fingerprint density at radius 2 is 2.08 bits per heavy atom. The van der Waals surface area contributed by atoms with Gasteiger partial charge >= 0.3 is 0 Å². The average molecular weight is 398 g/mol. The number of hydrogen-bond acceptors (Lipinski definition) is 7. The third-order valence-corrected chi connectivity index (χ3v) is 6.75. The molecule has 7 nitrogen and oxygen atoms in total. The van der Waals surface area contributed by atoms with Crippen LogP contribution in [0.15, 0.2) is 39.4 Å². The van der Waals surface area contributed by atoms with Gasteiger partial charge in [0.25, 0.3) is 15.9 Å². The third kappa shape index (κ3) is 3.66. The largest absolute Gasteiger partial charge is 0.451 e. The molecule has 3 aromatic rings. The molecule has 25 heavy (non-hydrogen) atoms. The first-order chi connectivity index (χ1) is 11.8. The number of sulfonamides is 1. The van der Waals surface area contributed by atoms with Gasteiger partial charge in [0.05, 0.1) is 16.1 Å². The highest BCUT2D eigenvalue weighted by molar-refractivity contribution is 7.88. The summed E-state index contributed by atoms with van der Waals surface area (Å²) in [7, 11) is -0.937. The zero-order valence-corrected chi connectivity index (χ0v) is 16.1. The van der Waals surface area contributed by atoms with E-state index < -0.39 is 15.9 Å². The summed E-state index contributed by atoms with van der Waals surface area (Å²) in [6.07, 6.45) is 1.11. The van der Waals surface area contributed by atoms with Gasteiger partial charge in [-0.15, -0.1) is 22.7 Å². The number of thiazole rings is 1. The number of carbonyl (C=O) groups is 1. The molecule has 3 heterocycles. The van der Waals surface area contributed by atoms with Crippen LogP contribution in [0.4, 0.5) is 5.13 Å². The van der Waals surface area contributed by atoms with E-state index in [1.165, 1.54) is 36.4 Å². The fourth-order valence-corrected chi connectivity index (χ4v) is 4.35. The molecular weight excluding hydrogens is 382 g/mol. The van der Waals surface area contributed by atoms with E-state index >= 15 is 0 Å². The van der Waals surface area contributed by atoms with Crippen LogP contribution in [0.1, 0.15) is 15.2 Å². The van der Waals surface area contributed by atoms with Crippen molar-refractivity contribution >= 4 is 43.7 Å². The number of carbonyl (C=O) groups excluding carboxylic acids is 1. The molecule has 0 radical (unpaired) electrons. The number of nitrogens with zero attached hydrogens (tertiary/aromatic N) is 2. The molecule has 0 bridgehead atoms. The summed E-state index contributed by atoms with van der Waals surface area (Å²) in [5.74, 6) is -0.479. The maximum absolute atomic E-state index is 12.3. The Hall–Kier alpha value is -2.01. The molecular formula is C15H15N3O4S3. The van der Waals surface area contributed by atoms with Crippen molar-refractivity contribution in [3.8, 4) is 10.6 Å². The molecule has 0 saturated heterocycles. The molecule has 1 N–H and O–H groups in total. The molecule has 1 amide bonds. The fraction of sp³-hybridized carbons (Fsp3) is 0.200. The molecule has 0 atom stereocenters. The number of hydrogen-bond donors (Lipinski definition) is 1. The highest BCUT2D eigenvalue weighted by Crippen LogP contribution is 2.30. The lowest BCUT2D eigenvalue weighted by atomic mass is 10.3. The van der Waals surface area contributed by atoms with Gasteiger partial charge in [0.1, 0.15) is 6.26 Å². The first-order valence-electron chi connectivity index (χ1n) is 7.12. The summed E-state index contributed by atoms with van der Waals surface area (Å²) in [5, 5.41) is 4.67. The van der Waals surface area contributed by atoms with Crippen LogP contribution in [0, 0.1) is 6.92 Å². The highest BCUT2D eigenvalue weighted by atomic mass is 32.2. The van der Waals surface area contributed by atoms with Crippen molar-refractivity contribution in [3.05, 3.63) is 40.3 Å². The van der Waals surface area contributed by atoms with Gasteiger partial charge in [-0.25, -0.2) is 17.7 Å². The molecule has 3 aromatic heterocycles. The summed E-state index contributed by atoms with van der Waals surface area (Å²) in [5.41, 5.74) is 0.908. The monoisotopic (exact) mass is 397 g/mol. The highest BCUT2D eigenvalue weighted by Gasteiger charge is 2.23. The minimum atomic E-state index is -3.72. The van der Waals surface area contributed by atoms with E-state index in [2.05, 4.69) is 10.3 Å². The molecule has 0 spiro atoms. The van der Waals surface area contributed by atoms with E-state index in [4.69, 9.17) is 4.42 Å². The van der Waals surface area contributed by atoms with Gasteiger partial charge < -0.3 is 4.42 Å². The van der Waals surface area contributed by atoms with Crippen molar-refractivity contribution in [1.29, 1.82) is 0 Å². The van der Waals surface area contributed by atoms with Crippen molar-refractivity contribution in [3.63, 3.8) is 0 Å². The third-order valence-electron chi connectivity index (χ3n) is 3.29. The summed E-state index contributed by atoms with van der Waals surface area (Å²) in [6.45, 7) is 2.02. The number of aromatic nitrogens is 1. The van der Waals surface area contributed by atoms with E-state index in [1.54, 1.807) is 11.3 Å². The van der Waals surface area contributed by atoms with Gasteiger partial charge in [-0.2, -0.15) is 0 Å². The van der Waals surface area contributed by atoms with Crippen molar-refractivity contribution in [2.45, 2.75) is 12.0 Å². The smallest absolute Gasteiger partial charge is 0.275 e. The second-order valence-electron chi connectivity index (χ2n) is 5.34. The SMILES string of the molecule is Cc1ccc(-c2csc(NC(=O)c3coc(S(=O)(=O)N(C)C)c3)n2)s1. The molecule has 3 rings (SSSR count). The molecule has 0 aliphatic carbocycles. The maximum Gasteiger partial charge on any atom is 0.275 e. The van der Waals surface area contributed by atoms with E-state index in [-0.39, 0.29) is 10.7 Å². The first-order valence-corrected chi connectivity index (χ1v) is 10.3. The zero-order chi connectivity index (χ0) is 18.2. The fourth-order valence-electron chi connectivity index (χ4n) is 1.94. The van der Waals surface area contributed by atoms with E-state index in [0.717, 1.165) is 21.1 Å². The summed E-state index contributed by atoms with van der Waals surface area (Å²) < 4.78 is 30.0. The molecule has 0 aliphatic rings. The van der Waals surface area contributed by atoms with Crippen molar-refractivity contribution in [2.75, 3.05) is 19.4 Å².